The molecule has 2 heterocycles. The van der Waals surface area contributed by atoms with E-state index in [9.17, 15) is 4.79 Å². The van der Waals surface area contributed by atoms with E-state index in [1.54, 1.807) is 11.2 Å². The Morgan fingerprint density at radius 3 is 3.04 bits per heavy atom. The fourth-order valence-electron chi connectivity index (χ4n) is 2.62. The summed E-state index contributed by atoms with van der Waals surface area (Å²) in [5, 5.41) is 12.7. The van der Waals surface area contributed by atoms with Gasteiger partial charge in [-0.2, -0.15) is 5.26 Å². The molecule has 0 spiro atoms. The first-order valence-corrected chi connectivity index (χ1v) is 7.57. The van der Waals surface area contributed by atoms with Crippen LogP contribution < -0.4 is 0 Å². The summed E-state index contributed by atoms with van der Waals surface area (Å²) in [7, 11) is 0. The number of carbonyl (C=O) groups is 1. The van der Waals surface area contributed by atoms with Gasteiger partial charge in [-0.3, -0.25) is 4.79 Å². The Bertz CT molecular complexity index is 739. The summed E-state index contributed by atoms with van der Waals surface area (Å²) in [6, 6.07) is 5.52. The molecule has 0 saturated heterocycles. The van der Waals surface area contributed by atoms with Crippen LogP contribution in [0, 0.1) is 11.3 Å². The average Bonchev–Trinajstić information content (AvgIpc) is 3.24. The molecule has 0 saturated carbocycles. The van der Waals surface area contributed by atoms with Gasteiger partial charge in [-0.25, -0.2) is 9.67 Å². The molecule has 1 amide bonds. The molecule has 7 nitrogen and oxygen atoms in total. The number of amides is 1. The van der Waals surface area contributed by atoms with Crippen LogP contribution >= 0.6 is 0 Å². The highest BCUT2D eigenvalue weighted by Crippen LogP contribution is 2.23. The summed E-state index contributed by atoms with van der Waals surface area (Å²) in [4.78, 5) is 18.3. The number of furan rings is 1. The molecule has 0 atom stereocenters. The predicted octanol–water partition coefficient (Wildman–Crippen LogP) is 2.23. The molecule has 118 valence electrons. The molecule has 0 fully saturated rings. The van der Waals surface area contributed by atoms with Crippen molar-refractivity contribution < 1.29 is 9.21 Å². The van der Waals surface area contributed by atoms with Gasteiger partial charge in [0.2, 0.25) is 5.91 Å². The molecule has 23 heavy (non-hydrogen) atoms. The van der Waals surface area contributed by atoms with Crippen molar-refractivity contribution in [3.8, 4) is 6.07 Å². The number of hydrogen-bond donors (Lipinski definition) is 0. The molecule has 0 aliphatic heterocycles. The van der Waals surface area contributed by atoms with Crippen LogP contribution in [0.15, 0.2) is 40.9 Å². The lowest BCUT2D eigenvalue weighted by Crippen LogP contribution is -2.33. The van der Waals surface area contributed by atoms with Gasteiger partial charge in [0.25, 0.3) is 5.82 Å². The van der Waals surface area contributed by atoms with Crippen molar-refractivity contribution in [2.75, 3.05) is 0 Å². The summed E-state index contributed by atoms with van der Waals surface area (Å²) in [5.74, 6) is 0.706. The third-order valence-electron chi connectivity index (χ3n) is 3.74. The molecule has 1 aliphatic rings. The maximum atomic E-state index is 12.7. The third kappa shape index (κ3) is 3.66. The van der Waals surface area contributed by atoms with Crippen LogP contribution in [-0.4, -0.2) is 25.6 Å². The standard InChI is InChI=1S/C16H17N5O2/c17-9-15-18-12-20(19-15)11-16(22)21(10-14-7-4-8-23-14)13-5-2-1-3-6-13/h4-5,7-8,12H,1-3,6,10-11H2. The minimum Gasteiger partial charge on any atom is -0.467 e. The Morgan fingerprint density at radius 1 is 1.48 bits per heavy atom. The zero-order valence-electron chi connectivity index (χ0n) is 12.7. The van der Waals surface area contributed by atoms with Gasteiger partial charge in [0.05, 0.1) is 12.8 Å². The number of nitriles is 1. The molecule has 2 aromatic rings. The van der Waals surface area contributed by atoms with Gasteiger partial charge >= 0.3 is 0 Å². The lowest BCUT2D eigenvalue weighted by Gasteiger charge is -2.27. The number of nitrogens with zero attached hydrogens (tertiary/aromatic N) is 5. The van der Waals surface area contributed by atoms with Crippen molar-refractivity contribution in [3.05, 3.63) is 48.1 Å². The van der Waals surface area contributed by atoms with E-state index in [1.807, 2.05) is 18.2 Å². The second-order valence-electron chi connectivity index (χ2n) is 5.38. The third-order valence-corrected chi connectivity index (χ3v) is 3.74. The highest BCUT2D eigenvalue weighted by atomic mass is 16.3. The molecule has 1 aliphatic carbocycles. The number of allylic oxidation sites excluding steroid dienone is 2. The SMILES string of the molecule is N#Cc1ncn(CC(=O)N(Cc2ccco2)C2=CCCCC2)n1. The van der Waals surface area contributed by atoms with Gasteiger partial charge in [0, 0.05) is 5.70 Å². The van der Waals surface area contributed by atoms with E-state index in [1.165, 1.54) is 11.0 Å². The van der Waals surface area contributed by atoms with Crippen LogP contribution in [0.2, 0.25) is 0 Å². The second kappa shape index (κ2) is 6.92. The number of rotatable bonds is 5. The second-order valence-corrected chi connectivity index (χ2v) is 5.38. The van der Waals surface area contributed by atoms with Crippen LogP contribution in [0.4, 0.5) is 0 Å². The zero-order chi connectivity index (χ0) is 16.1. The molecule has 0 unspecified atom stereocenters. The summed E-state index contributed by atoms with van der Waals surface area (Å²) in [5.41, 5.74) is 1.03. The number of carbonyl (C=O) groups excluding carboxylic acids is 1. The highest BCUT2D eigenvalue weighted by Gasteiger charge is 2.21. The molecule has 0 N–H and O–H groups in total. The Kier molecular flexibility index (Phi) is 4.52. The summed E-state index contributed by atoms with van der Waals surface area (Å²) >= 11 is 0. The maximum absolute atomic E-state index is 12.7. The van der Waals surface area contributed by atoms with Gasteiger partial charge in [0.15, 0.2) is 0 Å². The Morgan fingerprint density at radius 2 is 2.39 bits per heavy atom. The van der Waals surface area contributed by atoms with E-state index in [2.05, 4.69) is 16.2 Å². The van der Waals surface area contributed by atoms with Crippen LogP contribution in [-0.2, 0) is 17.9 Å². The van der Waals surface area contributed by atoms with Crippen molar-refractivity contribution in [1.82, 2.24) is 19.7 Å². The first kappa shape index (κ1) is 15.0. The molecule has 3 rings (SSSR count). The maximum Gasteiger partial charge on any atom is 0.252 e. The van der Waals surface area contributed by atoms with Crippen molar-refractivity contribution in [3.63, 3.8) is 0 Å². The molecule has 7 heteroatoms. The van der Waals surface area contributed by atoms with E-state index in [4.69, 9.17) is 9.68 Å². The van der Waals surface area contributed by atoms with Crippen LogP contribution in [0.5, 0.6) is 0 Å². The summed E-state index contributed by atoms with van der Waals surface area (Å²) in [6.07, 6.45) is 9.22. The molecular formula is C16H17N5O2. The summed E-state index contributed by atoms with van der Waals surface area (Å²) in [6.45, 7) is 0.449. The first-order chi connectivity index (χ1) is 11.3. The van der Waals surface area contributed by atoms with Gasteiger partial charge in [0.1, 0.15) is 24.7 Å². The fourth-order valence-corrected chi connectivity index (χ4v) is 2.62. The molecule has 0 radical (unpaired) electrons. The van der Waals surface area contributed by atoms with Crippen molar-refractivity contribution in [2.24, 2.45) is 0 Å². The quantitative estimate of drug-likeness (QED) is 0.845. The van der Waals surface area contributed by atoms with Gasteiger partial charge in [-0.05, 0) is 37.8 Å². The van der Waals surface area contributed by atoms with Gasteiger partial charge < -0.3 is 9.32 Å². The lowest BCUT2D eigenvalue weighted by atomic mass is 10.0. The highest BCUT2D eigenvalue weighted by molar-refractivity contribution is 5.77. The zero-order valence-corrected chi connectivity index (χ0v) is 12.7. The Hall–Kier alpha value is -2.88. The topological polar surface area (TPSA) is 88.0 Å². The number of aromatic nitrogens is 3. The minimum absolute atomic E-state index is 0.0483. The first-order valence-electron chi connectivity index (χ1n) is 7.57. The predicted molar refractivity (Wildman–Crippen MR) is 80.5 cm³/mol. The summed E-state index contributed by atoms with van der Waals surface area (Å²) < 4.78 is 6.77. The van der Waals surface area contributed by atoms with Crippen LogP contribution in [0.3, 0.4) is 0 Å². The number of hydrogen-bond acceptors (Lipinski definition) is 5. The molecule has 0 aromatic carbocycles. The van der Waals surface area contributed by atoms with E-state index >= 15 is 0 Å². The monoisotopic (exact) mass is 311 g/mol. The van der Waals surface area contributed by atoms with E-state index in [0.29, 0.717) is 6.54 Å². The largest absolute Gasteiger partial charge is 0.467 e. The normalized spacial score (nSPS) is 14.1. The Labute approximate surface area is 133 Å². The van der Waals surface area contributed by atoms with E-state index < -0.39 is 0 Å². The van der Waals surface area contributed by atoms with Crippen molar-refractivity contribution >= 4 is 5.91 Å². The van der Waals surface area contributed by atoms with E-state index in [0.717, 1.165) is 37.1 Å². The molecular weight excluding hydrogens is 294 g/mol. The average molecular weight is 311 g/mol. The van der Waals surface area contributed by atoms with Crippen LogP contribution in [0.25, 0.3) is 0 Å². The Balaban J connectivity index is 1.77. The van der Waals surface area contributed by atoms with Crippen molar-refractivity contribution in [1.29, 1.82) is 5.26 Å². The van der Waals surface area contributed by atoms with E-state index in [-0.39, 0.29) is 18.3 Å². The van der Waals surface area contributed by atoms with Gasteiger partial charge in [-0.1, -0.05) is 6.08 Å². The minimum atomic E-state index is -0.0936. The van der Waals surface area contributed by atoms with Gasteiger partial charge in [-0.15, -0.1) is 5.10 Å². The van der Waals surface area contributed by atoms with Crippen molar-refractivity contribution in [2.45, 2.75) is 38.8 Å². The fraction of sp³-hybridized carbons (Fsp3) is 0.375. The van der Waals surface area contributed by atoms with Crippen LogP contribution in [0.1, 0.15) is 37.3 Å². The molecule has 2 aromatic heterocycles. The molecule has 0 bridgehead atoms. The lowest BCUT2D eigenvalue weighted by molar-refractivity contribution is -0.131. The smallest absolute Gasteiger partial charge is 0.252 e.